The van der Waals surface area contributed by atoms with E-state index < -0.39 is 16.9 Å². The highest BCUT2D eigenvalue weighted by Gasteiger charge is 2.17. The van der Waals surface area contributed by atoms with Crippen molar-refractivity contribution in [3.63, 3.8) is 0 Å². The van der Waals surface area contributed by atoms with Crippen LogP contribution in [-0.4, -0.2) is 7.11 Å². The number of hydrogen-bond donors (Lipinski definition) is 0. The van der Waals surface area contributed by atoms with Crippen LogP contribution in [0.3, 0.4) is 0 Å². The van der Waals surface area contributed by atoms with Gasteiger partial charge in [0, 0.05) is 7.11 Å². The molecule has 0 rings (SSSR count). The second kappa shape index (κ2) is 4.19. The second-order valence-corrected chi connectivity index (χ2v) is 2.68. The highest BCUT2D eigenvalue weighted by atomic mass is 31.2. The molecule has 0 aromatic carbocycles. The average molecular weight is 164 g/mol. The Morgan fingerprint density at radius 1 is 1.62 bits per heavy atom. The number of hydrogen-bond acceptors (Lipinski definition) is 2. The maximum atomic E-state index is 11.6. The molecule has 0 aromatic heterocycles. The fraction of sp³-hybridized carbons (Fsp3) is 1.00. The van der Waals surface area contributed by atoms with Crippen LogP contribution in [0.5, 0.6) is 0 Å². The molecule has 0 saturated heterocycles. The zero-order chi connectivity index (χ0) is 6.57. The van der Waals surface area contributed by atoms with Crippen molar-refractivity contribution in [1.29, 1.82) is 0 Å². The molecule has 2 nitrogen and oxygen atoms in total. The van der Waals surface area contributed by atoms with Gasteiger partial charge in [-0.2, -0.15) is 4.20 Å². The van der Waals surface area contributed by atoms with Crippen LogP contribution >= 0.6 is 16.9 Å². The quantitative estimate of drug-likeness (QED) is 0.573. The van der Waals surface area contributed by atoms with E-state index in [4.69, 9.17) is 0 Å². The summed E-state index contributed by atoms with van der Waals surface area (Å²) in [5, 5.41) is 0. The van der Waals surface area contributed by atoms with Crippen molar-refractivity contribution in [3.8, 4) is 0 Å². The standard InChI is InChI=1S/CH3F3NOP2/c1-6-8(4)5-7(2)3/h1H3/q+1. The Labute approximate surface area is 46.8 Å². The summed E-state index contributed by atoms with van der Waals surface area (Å²) in [7, 11) is -5.21. The zero-order valence-corrected chi connectivity index (χ0v) is 5.67. The van der Waals surface area contributed by atoms with Crippen LogP contribution in [0.25, 0.3) is 0 Å². The molecule has 0 aliphatic carbocycles. The van der Waals surface area contributed by atoms with Crippen LogP contribution in [0.2, 0.25) is 0 Å². The molecular weight excluding hydrogens is 161 g/mol. The van der Waals surface area contributed by atoms with E-state index in [2.05, 4.69) is 9.04 Å². The molecule has 0 aliphatic heterocycles. The van der Waals surface area contributed by atoms with E-state index in [1.54, 1.807) is 0 Å². The predicted molar refractivity (Wildman–Crippen MR) is 26.6 cm³/mol. The molecule has 7 heteroatoms. The molecule has 0 saturated carbocycles. The van der Waals surface area contributed by atoms with Crippen LogP contribution in [0.15, 0.2) is 4.52 Å². The minimum absolute atomic E-state index is 0.994. The van der Waals surface area contributed by atoms with Gasteiger partial charge in [-0.1, -0.05) is 0 Å². The van der Waals surface area contributed by atoms with Gasteiger partial charge in [0.25, 0.3) is 0 Å². The molecule has 0 radical (unpaired) electrons. The number of halogens is 3. The van der Waals surface area contributed by atoms with Crippen molar-refractivity contribution in [3.05, 3.63) is 0 Å². The van der Waals surface area contributed by atoms with Gasteiger partial charge < -0.3 is 4.52 Å². The maximum Gasteiger partial charge on any atom is 0.667 e. The Morgan fingerprint density at radius 2 is 2.12 bits per heavy atom. The normalized spacial score (nSPS) is 13.0. The van der Waals surface area contributed by atoms with E-state index in [9.17, 15) is 12.6 Å². The van der Waals surface area contributed by atoms with Gasteiger partial charge in [-0.3, -0.25) is 0 Å². The smallest absolute Gasteiger partial charge is 0.314 e. The Bertz CT molecular complexity index is 93.3. The topological polar surface area (TPSA) is 21.6 Å². The Balaban J connectivity index is 3.51. The third kappa shape index (κ3) is 4.44. The molecule has 0 heterocycles. The van der Waals surface area contributed by atoms with Crippen molar-refractivity contribution < 1.29 is 17.1 Å². The van der Waals surface area contributed by atoms with Gasteiger partial charge >= 0.3 is 16.9 Å². The SMILES string of the molecule is COP(F)N=[P+](F)F. The molecule has 0 spiro atoms. The van der Waals surface area contributed by atoms with Crippen LogP contribution < -0.4 is 0 Å². The van der Waals surface area contributed by atoms with Crippen LogP contribution in [0.1, 0.15) is 0 Å². The molecule has 0 fully saturated rings. The summed E-state index contributed by atoms with van der Waals surface area (Å²) in [6, 6.07) is 0. The van der Waals surface area contributed by atoms with Gasteiger partial charge in [-0.05, 0) is 0 Å². The minimum Gasteiger partial charge on any atom is -0.314 e. The van der Waals surface area contributed by atoms with E-state index >= 15 is 0 Å². The maximum absolute atomic E-state index is 11.6. The number of nitrogens with zero attached hydrogens (tertiary/aromatic N) is 1. The Kier molecular flexibility index (Phi) is 4.33. The van der Waals surface area contributed by atoms with Crippen LogP contribution in [-0.2, 0) is 4.52 Å². The van der Waals surface area contributed by atoms with Gasteiger partial charge in [0.2, 0.25) is 0 Å². The lowest BCUT2D eigenvalue weighted by molar-refractivity contribution is 0.431. The second-order valence-electron chi connectivity index (χ2n) is 0.713. The molecule has 8 heavy (non-hydrogen) atoms. The van der Waals surface area contributed by atoms with Gasteiger partial charge in [0.1, 0.15) is 0 Å². The Morgan fingerprint density at radius 3 is 2.25 bits per heavy atom. The fourth-order valence-electron chi connectivity index (χ4n) is 0.0897. The summed E-state index contributed by atoms with van der Waals surface area (Å²) < 4.78 is 39.9. The summed E-state index contributed by atoms with van der Waals surface area (Å²) >= 11 is 0. The van der Waals surface area contributed by atoms with Crippen molar-refractivity contribution in [2.75, 3.05) is 7.11 Å². The lowest BCUT2D eigenvalue weighted by Gasteiger charge is -1.84. The molecule has 0 N–H and O–H groups in total. The van der Waals surface area contributed by atoms with Crippen molar-refractivity contribution in [2.45, 2.75) is 0 Å². The average Bonchev–Trinajstić information content (AvgIpc) is 1.65. The molecular formula is CH3F3NOP2+. The van der Waals surface area contributed by atoms with Crippen molar-refractivity contribution in [2.24, 2.45) is 4.52 Å². The van der Waals surface area contributed by atoms with Gasteiger partial charge in [-0.25, -0.2) is 0 Å². The van der Waals surface area contributed by atoms with E-state index in [1.165, 1.54) is 0 Å². The largest absolute Gasteiger partial charge is 0.667 e. The number of rotatable bonds is 2. The van der Waals surface area contributed by atoms with Gasteiger partial charge in [0.15, 0.2) is 0 Å². The van der Waals surface area contributed by atoms with Crippen molar-refractivity contribution >= 4 is 16.9 Å². The molecule has 48 valence electrons. The Hall–Kier alpha value is 0.280. The fourth-order valence-corrected chi connectivity index (χ4v) is 0.807. The molecule has 1 unspecified atom stereocenters. The molecule has 0 aliphatic rings. The summed E-state index contributed by atoms with van der Waals surface area (Å²) in [5.41, 5.74) is 0. The van der Waals surface area contributed by atoms with E-state index in [0.717, 1.165) is 7.11 Å². The third-order valence-electron chi connectivity index (χ3n) is 0.289. The first-order valence-corrected chi connectivity index (χ1v) is 3.68. The highest BCUT2D eigenvalue weighted by Crippen LogP contribution is 2.48. The molecule has 0 bridgehead atoms. The van der Waals surface area contributed by atoms with Gasteiger partial charge in [-0.15, -0.1) is 0 Å². The monoisotopic (exact) mass is 164 g/mol. The van der Waals surface area contributed by atoms with Gasteiger partial charge in [0.05, 0.1) is 12.9 Å². The zero-order valence-electron chi connectivity index (χ0n) is 3.88. The summed E-state index contributed by atoms with van der Waals surface area (Å²) in [4.78, 5) is 0. The third-order valence-corrected chi connectivity index (χ3v) is 1.69. The van der Waals surface area contributed by atoms with E-state index in [-0.39, 0.29) is 0 Å². The first-order chi connectivity index (χ1) is 3.66. The summed E-state index contributed by atoms with van der Waals surface area (Å²) in [5.74, 6) is 0. The molecule has 0 aromatic rings. The van der Waals surface area contributed by atoms with E-state index in [1.807, 2.05) is 0 Å². The first kappa shape index (κ1) is 8.28. The molecule has 0 amide bonds. The summed E-state index contributed by atoms with van der Waals surface area (Å²) in [6.07, 6.45) is 0. The first-order valence-electron chi connectivity index (χ1n) is 1.50. The highest BCUT2D eigenvalue weighted by molar-refractivity contribution is 7.53. The predicted octanol–water partition coefficient (Wildman–Crippen LogP) is 3.26. The lowest BCUT2D eigenvalue weighted by atomic mass is 11.8. The lowest BCUT2D eigenvalue weighted by Crippen LogP contribution is -1.59. The molecule has 1 atom stereocenters. The van der Waals surface area contributed by atoms with Crippen LogP contribution in [0, 0.1) is 0 Å². The van der Waals surface area contributed by atoms with Crippen molar-refractivity contribution in [1.82, 2.24) is 0 Å². The van der Waals surface area contributed by atoms with E-state index in [0.29, 0.717) is 0 Å². The van der Waals surface area contributed by atoms with Crippen LogP contribution in [0.4, 0.5) is 12.6 Å². The minimum atomic E-state index is -3.49. The summed E-state index contributed by atoms with van der Waals surface area (Å²) in [6.45, 7) is 0.